The van der Waals surface area contributed by atoms with Crippen molar-refractivity contribution in [1.29, 1.82) is 0 Å². The minimum absolute atomic E-state index is 1.08. The van der Waals surface area contributed by atoms with Crippen LogP contribution >= 0.6 is 0 Å². The summed E-state index contributed by atoms with van der Waals surface area (Å²) in [6.07, 6.45) is 7.89. The van der Waals surface area contributed by atoms with Crippen molar-refractivity contribution in [3.8, 4) is 0 Å². The Morgan fingerprint density at radius 1 is 0.909 bits per heavy atom. The molecule has 0 spiro atoms. The molecule has 11 heavy (non-hydrogen) atoms. The van der Waals surface area contributed by atoms with Crippen molar-refractivity contribution in [2.24, 2.45) is 29.6 Å². The van der Waals surface area contributed by atoms with Crippen LogP contribution in [-0.2, 0) is 0 Å². The lowest BCUT2D eigenvalue weighted by molar-refractivity contribution is 0.201. The van der Waals surface area contributed by atoms with Crippen molar-refractivity contribution in [3.63, 3.8) is 0 Å². The molecule has 3 aliphatic rings. The fraction of sp³-hybridized carbons (Fsp3) is 1.00. The zero-order valence-corrected chi connectivity index (χ0v) is 7.42. The maximum atomic E-state index is 2.49. The zero-order valence-electron chi connectivity index (χ0n) is 7.42. The Morgan fingerprint density at radius 2 is 1.73 bits per heavy atom. The van der Waals surface area contributed by atoms with Crippen LogP contribution in [0.4, 0.5) is 0 Å². The lowest BCUT2D eigenvalue weighted by Gasteiger charge is -2.29. The third-order valence-corrected chi connectivity index (χ3v) is 4.76. The van der Waals surface area contributed by atoms with Crippen LogP contribution in [-0.4, -0.2) is 0 Å². The molecular formula is C11H18. The highest BCUT2D eigenvalue weighted by atomic mass is 14.6. The van der Waals surface area contributed by atoms with Crippen molar-refractivity contribution in [3.05, 3.63) is 0 Å². The molecule has 62 valence electrons. The van der Waals surface area contributed by atoms with E-state index in [1.165, 1.54) is 17.8 Å². The second-order valence-electron chi connectivity index (χ2n) is 5.13. The molecule has 0 saturated heterocycles. The first-order valence-corrected chi connectivity index (χ1v) is 5.36. The molecule has 0 heteroatoms. The maximum Gasteiger partial charge on any atom is -0.0352 e. The highest BCUT2D eigenvalue weighted by molar-refractivity contribution is 5.01. The molecule has 3 saturated carbocycles. The molecule has 0 aromatic carbocycles. The predicted molar refractivity (Wildman–Crippen MR) is 46.2 cm³/mol. The molecule has 0 N–H and O–H groups in total. The van der Waals surface area contributed by atoms with E-state index in [0.717, 1.165) is 11.8 Å². The highest BCUT2D eigenvalue weighted by Gasteiger charge is 2.52. The molecule has 0 radical (unpaired) electrons. The Hall–Kier alpha value is 0. The molecule has 2 bridgehead atoms. The third kappa shape index (κ3) is 0.711. The Kier molecular flexibility index (Phi) is 1.20. The van der Waals surface area contributed by atoms with E-state index in [-0.39, 0.29) is 0 Å². The first kappa shape index (κ1) is 6.51. The van der Waals surface area contributed by atoms with Gasteiger partial charge in [0.15, 0.2) is 0 Å². The van der Waals surface area contributed by atoms with Gasteiger partial charge in [-0.15, -0.1) is 0 Å². The summed E-state index contributed by atoms with van der Waals surface area (Å²) in [4.78, 5) is 0. The van der Waals surface area contributed by atoms with Crippen LogP contribution in [0.3, 0.4) is 0 Å². The van der Waals surface area contributed by atoms with Gasteiger partial charge in [-0.3, -0.25) is 0 Å². The van der Waals surface area contributed by atoms with Gasteiger partial charge >= 0.3 is 0 Å². The normalized spacial score (nSPS) is 60.3. The monoisotopic (exact) mass is 150 g/mol. The smallest absolute Gasteiger partial charge is 0.0352 e. The van der Waals surface area contributed by atoms with Gasteiger partial charge in [-0.1, -0.05) is 13.3 Å². The second kappa shape index (κ2) is 2.02. The van der Waals surface area contributed by atoms with Crippen LogP contribution in [0, 0.1) is 29.6 Å². The summed E-state index contributed by atoms with van der Waals surface area (Å²) in [6, 6.07) is 0. The first-order valence-electron chi connectivity index (χ1n) is 5.36. The van der Waals surface area contributed by atoms with Crippen LogP contribution < -0.4 is 0 Å². The summed E-state index contributed by atoms with van der Waals surface area (Å²) >= 11 is 0. The summed E-state index contributed by atoms with van der Waals surface area (Å²) in [6.45, 7) is 2.49. The van der Waals surface area contributed by atoms with Gasteiger partial charge < -0.3 is 0 Å². The van der Waals surface area contributed by atoms with E-state index in [4.69, 9.17) is 0 Å². The first-order chi connectivity index (χ1) is 5.36. The topological polar surface area (TPSA) is 0 Å². The SMILES string of the molecule is C[C@H]1CC2C[C@H]1[C@@H]1CCCC21. The van der Waals surface area contributed by atoms with E-state index < -0.39 is 0 Å². The van der Waals surface area contributed by atoms with Gasteiger partial charge in [-0.05, 0) is 55.3 Å². The highest BCUT2D eigenvalue weighted by Crippen LogP contribution is 2.60. The average molecular weight is 150 g/mol. The Morgan fingerprint density at radius 3 is 2.64 bits per heavy atom. The number of hydrogen-bond donors (Lipinski definition) is 0. The third-order valence-electron chi connectivity index (χ3n) is 4.76. The van der Waals surface area contributed by atoms with Crippen molar-refractivity contribution >= 4 is 0 Å². The van der Waals surface area contributed by atoms with Crippen molar-refractivity contribution < 1.29 is 0 Å². The van der Waals surface area contributed by atoms with Crippen LogP contribution in [0.15, 0.2) is 0 Å². The van der Waals surface area contributed by atoms with Crippen LogP contribution in [0.25, 0.3) is 0 Å². The van der Waals surface area contributed by atoms with Gasteiger partial charge in [0.05, 0.1) is 0 Å². The molecule has 3 aliphatic carbocycles. The minimum Gasteiger partial charge on any atom is -0.0622 e. The van der Waals surface area contributed by atoms with Gasteiger partial charge in [-0.2, -0.15) is 0 Å². The fourth-order valence-corrected chi connectivity index (χ4v) is 4.41. The molecule has 3 rings (SSSR count). The molecule has 5 atom stereocenters. The van der Waals surface area contributed by atoms with Gasteiger partial charge in [0, 0.05) is 0 Å². The Labute approximate surface area is 69.4 Å². The molecule has 0 heterocycles. The molecule has 2 unspecified atom stereocenters. The van der Waals surface area contributed by atoms with Crippen LogP contribution in [0.2, 0.25) is 0 Å². The lowest BCUT2D eigenvalue weighted by atomic mass is 9.77. The minimum atomic E-state index is 1.08. The predicted octanol–water partition coefficient (Wildman–Crippen LogP) is 3.08. The second-order valence-corrected chi connectivity index (χ2v) is 5.13. The van der Waals surface area contributed by atoms with Crippen molar-refractivity contribution in [2.75, 3.05) is 0 Å². The molecule has 0 aromatic rings. The molecule has 0 aliphatic heterocycles. The van der Waals surface area contributed by atoms with E-state index in [9.17, 15) is 0 Å². The quantitative estimate of drug-likeness (QED) is 0.498. The van der Waals surface area contributed by atoms with E-state index in [1.807, 2.05) is 0 Å². The van der Waals surface area contributed by atoms with Gasteiger partial charge in [0.1, 0.15) is 0 Å². The largest absolute Gasteiger partial charge is 0.0622 e. The number of hydrogen-bond acceptors (Lipinski definition) is 0. The summed E-state index contributed by atoms with van der Waals surface area (Å²) in [5.41, 5.74) is 0. The number of rotatable bonds is 0. The van der Waals surface area contributed by atoms with E-state index >= 15 is 0 Å². The van der Waals surface area contributed by atoms with E-state index in [2.05, 4.69) is 6.92 Å². The van der Waals surface area contributed by atoms with Gasteiger partial charge in [-0.25, -0.2) is 0 Å². The Balaban J connectivity index is 1.90. The van der Waals surface area contributed by atoms with E-state index in [0.29, 0.717) is 0 Å². The van der Waals surface area contributed by atoms with Gasteiger partial charge in [0.2, 0.25) is 0 Å². The summed E-state index contributed by atoms with van der Waals surface area (Å²) in [5.74, 6) is 5.79. The van der Waals surface area contributed by atoms with Crippen LogP contribution in [0.1, 0.15) is 39.0 Å². The Bertz CT molecular complexity index is 173. The standard InChI is InChI=1S/C11H18/c1-7-5-8-6-11(7)10-4-2-3-9(8)10/h7-11H,2-6H2,1H3/t7-,8?,9?,10+,11+/m0/s1. The maximum absolute atomic E-state index is 2.49. The summed E-state index contributed by atoms with van der Waals surface area (Å²) in [7, 11) is 0. The van der Waals surface area contributed by atoms with Gasteiger partial charge in [0.25, 0.3) is 0 Å². The molecule has 0 nitrogen and oxygen atoms in total. The molecule has 3 fully saturated rings. The lowest BCUT2D eigenvalue weighted by Crippen LogP contribution is -2.22. The van der Waals surface area contributed by atoms with Crippen molar-refractivity contribution in [2.45, 2.75) is 39.0 Å². The molecular weight excluding hydrogens is 132 g/mol. The number of fused-ring (bicyclic) bond motifs is 5. The zero-order chi connectivity index (χ0) is 7.42. The molecule has 0 aromatic heterocycles. The summed E-state index contributed by atoms with van der Waals surface area (Å²) in [5, 5.41) is 0. The van der Waals surface area contributed by atoms with E-state index in [1.54, 1.807) is 32.1 Å². The van der Waals surface area contributed by atoms with Crippen LogP contribution in [0.5, 0.6) is 0 Å². The summed E-state index contributed by atoms with van der Waals surface area (Å²) < 4.78 is 0. The van der Waals surface area contributed by atoms with Crippen molar-refractivity contribution in [1.82, 2.24) is 0 Å². The average Bonchev–Trinajstić information content (AvgIpc) is 2.52. The molecule has 0 amide bonds. The fourth-order valence-electron chi connectivity index (χ4n) is 4.41.